The molecule has 1 saturated heterocycles. The van der Waals surface area contributed by atoms with E-state index in [9.17, 15) is 0 Å². The zero-order valence-electron chi connectivity index (χ0n) is 19.8. The van der Waals surface area contributed by atoms with Crippen LogP contribution in [0.3, 0.4) is 0 Å². The third-order valence-electron chi connectivity index (χ3n) is 7.71. The number of ether oxygens (including phenoxy) is 1. The van der Waals surface area contributed by atoms with Gasteiger partial charge in [0.2, 0.25) is 0 Å². The quantitative estimate of drug-likeness (QED) is 0.349. The molecule has 1 saturated carbocycles. The van der Waals surface area contributed by atoms with Crippen molar-refractivity contribution in [2.45, 2.75) is 51.9 Å². The molecule has 0 radical (unpaired) electrons. The molecule has 0 aromatic heterocycles. The Kier molecular flexibility index (Phi) is 7.64. The molecule has 0 bridgehead atoms. The van der Waals surface area contributed by atoms with E-state index in [1.165, 1.54) is 31.0 Å². The van der Waals surface area contributed by atoms with Crippen LogP contribution in [0.2, 0.25) is 0 Å². The summed E-state index contributed by atoms with van der Waals surface area (Å²) in [5, 5.41) is 14.7. The van der Waals surface area contributed by atoms with E-state index in [4.69, 9.17) is 10.1 Å². The summed E-state index contributed by atoms with van der Waals surface area (Å²) < 4.78 is 5.65. The third kappa shape index (κ3) is 5.23. The predicted octanol–water partition coefficient (Wildman–Crippen LogP) is 5.77. The minimum atomic E-state index is -0.0458. The molecule has 1 aliphatic carbocycles. The Morgan fingerprint density at radius 2 is 2.03 bits per heavy atom. The Labute approximate surface area is 189 Å². The lowest BCUT2D eigenvalue weighted by Gasteiger charge is -2.46. The van der Waals surface area contributed by atoms with Crippen molar-refractivity contribution >= 4 is 11.9 Å². The number of hydrogen-bond acceptors (Lipinski definition) is 4. The Morgan fingerprint density at radius 3 is 2.58 bits per heavy atom. The summed E-state index contributed by atoms with van der Waals surface area (Å²) in [7, 11) is 1.98. The molecule has 170 valence electrons. The second-order valence-electron chi connectivity index (χ2n) is 10.2. The van der Waals surface area contributed by atoms with Crippen molar-refractivity contribution in [3.8, 4) is 0 Å². The molecule has 4 atom stereocenters. The van der Waals surface area contributed by atoms with Gasteiger partial charge >= 0.3 is 0 Å². The highest BCUT2D eigenvalue weighted by atomic mass is 16.5. The highest BCUT2D eigenvalue weighted by Gasteiger charge is 2.40. The van der Waals surface area contributed by atoms with Crippen LogP contribution in [0.5, 0.6) is 0 Å². The van der Waals surface area contributed by atoms with E-state index in [-0.39, 0.29) is 10.8 Å². The Balaban J connectivity index is 1.77. The van der Waals surface area contributed by atoms with Gasteiger partial charge in [-0.1, -0.05) is 45.4 Å². The lowest BCUT2D eigenvalue weighted by molar-refractivity contribution is 0.0682. The lowest BCUT2D eigenvalue weighted by Crippen LogP contribution is -2.41. The van der Waals surface area contributed by atoms with Crippen LogP contribution in [0.15, 0.2) is 48.7 Å². The van der Waals surface area contributed by atoms with E-state index in [1.54, 1.807) is 0 Å². The van der Waals surface area contributed by atoms with Crippen molar-refractivity contribution in [3.05, 3.63) is 54.3 Å². The van der Waals surface area contributed by atoms with Gasteiger partial charge in [0.05, 0.1) is 6.61 Å². The Bertz CT molecular complexity index is 774. The summed E-state index contributed by atoms with van der Waals surface area (Å²) in [6.45, 7) is 13.7. The van der Waals surface area contributed by atoms with Gasteiger partial charge in [-0.2, -0.15) is 0 Å². The summed E-state index contributed by atoms with van der Waals surface area (Å²) in [5.74, 6) is 1.71. The summed E-state index contributed by atoms with van der Waals surface area (Å²) in [6, 6.07) is 8.80. The van der Waals surface area contributed by atoms with Crippen LogP contribution in [-0.2, 0) is 10.2 Å². The minimum absolute atomic E-state index is 0.0458. The second-order valence-corrected chi connectivity index (χ2v) is 10.2. The fraction of sp³-hybridized carbons (Fsp3) is 0.593. The van der Waals surface area contributed by atoms with Crippen molar-refractivity contribution < 1.29 is 4.74 Å². The van der Waals surface area contributed by atoms with E-state index in [2.05, 4.69) is 62.2 Å². The van der Waals surface area contributed by atoms with E-state index in [1.807, 2.05) is 19.2 Å². The third-order valence-corrected chi connectivity index (χ3v) is 7.71. The van der Waals surface area contributed by atoms with Crippen LogP contribution in [0.25, 0.3) is 0 Å². The van der Waals surface area contributed by atoms with Crippen molar-refractivity contribution in [1.82, 2.24) is 5.32 Å². The molecule has 1 aliphatic heterocycles. The first-order chi connectivity index (χ1) is 14.8. The first-order valence-electron chi connectivity index (χ1n) is 11.8. The molecular formula is C27H41N3O. The van der Waals surface area contributed by atoms with Crippen LogP contribution in [0.4, 0.5) is 5.69 Å². The maximum Gasteiger partial charge on any atom is 0.0598 e. The minimum Gasteiger partial charge on any atom is -0.391 e. The van der Waals surface area contributed by atoms with Gasteiger partial charge in [0.1, 0.15) is 0 Å². The fourth-order valence-electron chi connectivity index (χ4n) is 5.94. The van der Waals surface area contributed by atoms with Crippen LogP contribution < -0.4 is 10.6 Å². The largest absolute Gasteiger partial charge is 0.391 e. The average Bonchev–Trinajstić information content (AvgIpc) is 3.24. The number of rotatable bonds is 9. The van der Waals surface area contributed by atoms with Crippen molar-refractivity contribution in [1.29, 1.82) is 5.41 Å². The highest BCUT2D eigenvalue weighted by molar-refractivity contribution is 5.69. The first kappa shape index (κ1) is 23.6. The lowest BCUT2D eigenvalue weighted by atomic mass is 9.60. The summed E-state index contributed by atoms with van der Waals surface area (Å²) >= 11 is 0. The van der Waals surface area contributed by atoms with E-state index in [0.717, 1.165) is 43.5 Å². The molecule has 2 fully saturated rings. The van der Waals surface area contributed by atoms with E-state index in [0.29, 0.717) is 11.8 Å². The van der Waals surface area contributed by atoms with Gasteiger partial charge in [-0.3, -0.25) is 0 Å². The molecule has 1 aromatic rings. The molecule has 4 nitrogen and oxygen atoms in total. The summed E-state index contributed by atoms with van der Waals surface area (Å²) in [5.41, 5.74) is 3.81. The van der Waals surface area contributed by atoms with Crippen molar-refractivity contribution in [2.24, 2.45) is 23.2 Å². The second kappa shape index (κ2) is 10.0. The molecular weight excluding hydrogens is 382 g/mol. The molecule has 0 spiro atoms. The number of anilines is 1. The monoisotopic (exact) mass is 423 g/mol. The van der Waals surface area contributed by atoms with Gasteiger partial charge in [0.15, 0.2) is 0 Å². The van der Waals surface area contributed by atoms with Gasteiger partial charge in [-0.05, 0) is 60.3 Å². The molecule has 1 aromatic carbocycles. The molecule has 1 heterocycles. The van der Waals surface area contributed by atoms with Gasteiger partial charge in [-0.15, -0.1) is 6.58 Å². The Hall–Kier alpha value is -2.07. The van der Waals surface area contributed by atoms with E-state index < -0.39 is 0 Å². The Morgan fingerprint density at radius 1 is 1.29 bits per heavy atom. The summed E-state index contributed by atoms with van der Waals surface area (Å²) in [4.78, 5) is 0. The van der Waals surface area contributed by atoms with Crippen LogP contribution in [-0.4, -0.2) is 33.0 Å². The van der Waals surface area contributed by atoms with Crippen molar-refractivity contribution in [2.75, 3.05) is 32.1 Å². The SMILES string of the molecule is C=CC1(c2ccc(NCC(/C(=C/C=N)NC)C3CCC(C)CC3(C)C)cc2)CCOC1. The molecule has 4 unspecified atom stereocenters. The number of nitrogens with one attached hydrogen (secondary N) is 3. The topological polar surface area (TPSA) is 57.1 Å². The molecule has 31 heavy (non-hydrogen) atoms. The first-order valence-corrected chi connectivity index (χ1v) is 11.8. The standard InChI is InChI=1S/C27H41N3O/c1-6-27(14-16-31-19-27)21-8-10-22(11-9-21)30-18-23(25(29-5)13-15-28)24-12-7-20(2)17-26(24,3)4/h6,8-11,13,15,20,23-24,28-30H,1,7,12,14,16-19H2,2-5H3/b25-13-,28-15?. The molecule has 3 rings (SSSR count). The maximum absolute atomic E-state index is 7.63. The smallest absolute Gasteiger partial charge is 0.0598 e. The fourth-order valence-corrected chi connectivity index (χ4v) is 5.94. The van der Waals surface area contributed by atoms with Gasteiger partial charge < -0.3 is 20.8 Å². The van der Waals surface area contributed by atoms with Crippen LogP contribution >= 0.6 is 0 Å². The highest BCUT2D eigenvalue weighted by Crippen LogP contribution is 2.48. The molecule has 2 aliphatic rings. The van der Waals surface area contributed by atoms with Gasteiger partial charge in [-0.25, -0.2) is 0 Å². The zero-order valence-corrected chi connectivity index (χ0v) is 19.8. The number of allylic oxidation sites excluding steroid dienone is 1. The molecule has 3 N–H and O–H groups in total. The predicted molar refractivity (Wildman–Crippen MR) is 132 cm³/mol. The van der Waals surface area contributed by atoms with Gasteiger partial charge in [0, 0.05) is 49.1 Å². The van der Waals surface area contributed by atoms with Gasteiger partial charge in [0.25, 0.3) is 0 Å². The summed E-state index contributed by atoms with van der Waals surface area (Å²) in [6.07, 6.45) is 10.2. The average molecular weight is 424 g/mol. The van der Waals surface area contributed by atoms with Crippen molar-refractivity contribution in [3.63, 3.8) is 0 Å². The van der Waals surface area contributed by atoms with Crippen LogP contribution in [0.1, 0.15) is 52.0 Å². The molecule has 4 heteroatoms. The molecule has 0 amide bonds. The zero-order chi connectivity index (χ0) is 22.5. The van der Waals surface area contributed by atoms with E-state index >= 15 is 0 Å². The maximum atomic E-state index is 7.63. The number of hydrogen-bond donors (Lipinski definition) is 3. The normalized spacial score (nSPS) is 29.2. The number of benzene rings is 1. The van der Waals surface area contributed by atoms with Crippen LogP contribution in [0, 0.1) is 28.6 Å².